The lowest BCUT2D eigenvalue weighted by Gasteiger charge is -2.15. The van der Waals surface area contributed by atoms with Crippen molar-refractivity contribution < 1.29 is 19.0 Å². The fourth-order valence-electron chi connectivity index (χ4n) is 2.09. The van der Waals surface area contributed by atoms with Gasteiger partial charge in [0.1, 0.15) is 0 Å². The van der Waals surface area contributed by atoms with Crippen molar-refractivity contribution in [3.8, 4) is 11.6 Å². The van der Waals surface area contributed by atoms with Crippen molar-refractivity contribution in [2.75, 3.05) is 14.2 Å². The minimum atomic E-state index is -0.429. The number of hydrogen-bond donors (Lipinski definition) is 0. The number of aromatic nitrogens is 1. The Labute approximate surface area is 106 Å². The molecule has 1 aromatic rings. The monoisotopic (exact) mass is 251 g/mol. The molecule has 0 N–H and O–H groups in total. The zero-order valence-corrected chi connectivity index (χ0v) is 10.6. The Bertz CT molecular complexity index is 427. The third-order valence-electron chi connectivity index (χ3n) is 3.03. The first-order chi connectivity index (χ1) is 8.74. The highest BCUT2D eigenvalue weighted by atomic mass is 16.5. The molecule has 1 fully saturated rings. The maximum absolute atomic E-state index is 11.4. The van der Waals surface area contributed by atoms with E-state index in [1.54, 1.807) is 6.07 Å². The van der Waals surface area contributed by atoms with E-state index >= 15 is 0 Å². The second-order valence-electron chi connectivity index (χ2n) is 4.25. The minimum absolute atomic E-state index is 0.189. The van der Waals surface area contributed by atoms with Gasteiger partial charge in [0.05, 0.1) is 25.9 Å². The summed E-state index contributed by atoms with van der Waals surface area (Å²) in [7, 11) is 2.87. The maximum Gasteiger partial charge on any atom is 0.339 e. The first-order valence-corrected chi connectivity index (χ1v) is 6.03. The average molecular weight is 251 g/mol. The second kappa shape index (κ2) is 5.71. The number of nitrogens with zero attached hydrogens (tertiary/aromatic N) is 1. The summed E-state index contributed by atoms with van der Waals surface area (Å²) in [6.45, 7) is 0. The lowest BCUT2D eigenvalue weighted by molar-refractivity contribution is 0.0599. The molecule has 0 saturated heterocycles. The first-order valence-electron chi connectivity index (χ1n) is 6.03. The highest BCUT2D eigenvalue weighted by Gasteiger charge is 2.20. The van der Waals surface area contributed by atoms with Gasteiger partial charge in [-0.25, -0.2) is 9.78 Å². The van der Waals surface area contributed by atoms with E-state index in [-0.39, 0.29) is 6.10 Å². The van der Waals surface area contributed by atoms with Gasteiger partial charge in [-0.15, -0.1) is 0 Å². The Morgan fingerprint density at radius 2 is 2.06 bits per heavy atom. The predicted molar refractivity (Wildman–Crippen MR) is 65.0 cm³/mol. The van der Waals surface area contributed by atoms with Crippen LogP contribution in [-0.4, -0.2) is 31.3 Å². The maximum atomic E-state index is 11.4. The van der Waals surface area contributed by atoms with Gasteiger partial charge in [0.15, 0.2) is 5.75 Å². The molecule has 0 spiro atoms. The molecule has 5 heteroatoms. The van der Waals surface area contributed by atoms with Crippen molar-refractivity contribution in [1.29, 1.82) is 0 Å². The molecular formula is C13H17NO4. The van der Waals surface area contributed by atoms with E-state index < -0.39 is 5.97 Å². The Balaban J connectivity index is 2.21. The minimum Gasteiger partial charge on any atom is -0.485 e. The molecule has 1 aromatic heterocycles. The summed E-state index contributed by atoms with van der Waals surface area (Å²) in [5.41, 5.74) is 0.367. The van der Waals surface area contributed by atoms with Gasteiger partial charge in [0, 0.05) is 12.3 Å². The molecule has 98 valence electrons. The van der Waals surface area contributed by atoms with Crippen LogP contribution < -0.4 is 9.47 Å². The zero-order valence-electron chi connectivity index (χ0n) is 10.6. The standard InChI is InChI=1S/C13H17NO4/c1-16-12-11(18-10-5-3-4-6-10)7-9(8-14-12)13(15)17-2/h7-8,10H,3-6H2,1-2H3. The third-order valence-corrected chi connectivity index (χ3v) is 3.03. The number of carbonyl (C=O) groups excluding carboxylic acids is 1. The van der Waals surface area contributed by atoms with Crippen LogP contribution in [0.15, 0.2) is 12.3 Å². The molecular weight excluding hydrogens is 234 g/mol. The molecule has 0 radical (unpaired) electrons. The van der Waals surface area contributed by atoms with Crippen LogP contribution in [0.2, 0.25) is 0 Å². The molecule has 0 aliphatic heterocycles. The van der Waals surface area contributed by atoms with Gasteiger partial charge in [-0.2, -0.15) is 0 Å². The molecule has 18 heavy (non-hydrogen) atoms. The molecule has 1 heterocycles. The molecule has 1 saturated carbocycles. The van der Waals surface area contributed by atoms with E-state index in [0.29, 0.717) is 17.2 Å². The van der Waals surface area contributed by atoms with Crippen LogP contribution in [0.4, 0.5) is 0 Å². The van der Waals surface area contributed by atoms with E-state index in [4.69, 9.17) is 9.47 Å². The van der Waals surface area contributed by atoms with Gasteiger partial charge in [-0.05, 0) is 25.7 Å². The molecule has 1 aliphatic rings. The normalized spacial score (nSPS) is 15.4. The summed E-state index contributed by atoms with van der Waals surface area (Å²) < 4.78 is 15.6. The van der Waals surface area contributed by atoms with Crippen LogP contribution in [0, 0.1) is 0 Å². The highest BCUT2D eigenvalue weighted by molar-refractivity contribution is 5.89. The predicted octanol–water partition coefficient (Wildman–Crippen LogP) is 2.20. The van der Waals surface area contributed by atoms with Gasteiger partial charge < -0.3 is 14.2 Å². The largest absolute Gasteiger partial charge is 0.485 e. The van der Waals surface area contributed by atoms with Crippen molar-refractivity contribution in [3.63, 3.8) is 0 Å². The smallest absolute Gasteiger partial charge is 0.339 e. The average Bonchev–Trinajstić information content (AvgIpc) is 2.90. The number of methoxy groups -OCH3 is 2. The van der Waals surface area contributed by atoms with Gasteiger partial charge in [-0.1, -0.05) is 0 Å². The SMILES string of the molecule is COC(=O)c1cnc(OC)c(OC2CCCC2)c1. The Kier molecular flexibility index (Phi) is 4.02. The van der Waals surface area contributed by atoms with E-state index in [0.717, 1.165) is 12.8 Å². The topological polar surface area (TPSA) is 57.7 Å². The van der Waals surface area contributed by atoms with Crippen LogP contribution in [0.25, 0.3) is 0 Å². The molecule has 1 aliphatic carbocycles. The fraction of sp³-hybridized carbons (Fsp3) is 0.538. The second-order valence-corrected chi connectivity index (χ2v) is 4.25. The van der Waals surface area contributed by atoms with Gasteiger partial charge >= 0.3 is 5.97 Å². The van der Waals surface area contributed by atoms with Crippen LogP contribution in [0.5, 0.6) is 11.6 Å². The van der Waals surface area contributed by atoms with Crippen LogP contribution in [0.3, 0.4) is 0 Å². The summed E-state index contributed by atoms with van der Waals surface area (Å²) in [5.74, 6) is 0.475. The van der Waals surface area contributed by atoms with E-state index in [1.807, 2.05) is 0 Å². The third kappa shape index (κ3) is 2.72. The summed E-state index contributed by atoms with van der Waals surface area (Å²) >= 11 is 0. The fourth-order valence-corrected chi connectivity index (χ4v) is 2.09. The van der Waals surface area contributed by atoms with Gasteiger partial charge in [0.25, 0.3) is 5.88 Å². The Morgan fingerprint density at radius 3 is 2.67 bits per heavy atom. The molecule has 0 atom stereocenters. The molecule has 2 rings (SSSR count). The van der Waals surface area contributed by atoms with E-state index in [1.165, 1.54) is 33.3 Å². The first kappa shape index (κ1) is 12.7. The van der Waals surface area contributed by atoms with Crippen molar-refractivity contribution in [1.82, 2.24) is 4.98 Å². The molecule has 0 unspecified atom stereocenters. The van der Waals surface area contributed by atoms with Crippen molar-refractivity contribution in [2.24, 2.45) is 0 Å². The van der Waals surface area contributed by atoms with Crippen molar-refractivity contribution in [2.45, 2.75) is 31.8 Å². The summed E-state index contributed by atoms with van der Waals surface area (Å²) in [6, 6.07) is 1.62. The summed E-state index contributed by atoms with van der Waals surface area (Å²) in [4.78, 5) is 15.5. The summed E-state index contributed by atoms with van der Waals surface area (Å²) in [6.07, 6.45) is 6.03. The quantitative estimate of drug-likeness (QED) is 0.768. The van der Waals surface area contributed by atoms with Crippen molar-refractivity contribution >= 4 is 5.97 Å². The van der Waals surface area contributed by atoms with E-state index in [2.05, 4.69) is 9.72 Å². The summed E-state index contributed by atoms with van der Waals surface area (Å²) in [5, 5.41) is 0. The number of hydrogen-bond acceptors (Lipinski definition) is 5. The van der Waals surface area contributed by atoms with Gasteiger partial charge in [-0.3, -0.25) is 0 Å². The lowest BCUT2D eigenvalue weighted by atomic mass is 10.2. The molecule has 0 aromatic carbocycles. The highest BCUT2D eigenvalue weighted by Crippen LogP contribution is 2.30. The van der Waals surface area contributed by atoms with Crippen LogP contribution in [-0.2, 0) is 4.74 Å². The van der Waals surface area contributed by atoms with Crippen molar-refractivity contribution in [3.05, 3.63) is 17.8 Å². The number of ether oxygens (including phenoxy) is 3. The number of carbonyl (C=O) groups is 1. The lowest BCUT2D eigenvalue weighted by Crippen LogP contribution is -2.13. The van der Waals surface area contributed by atoms with Gasteiger partial charge in [0.2, 0.25) is 0 Å². The number of rotatable bonds is 4. The van der Waals surface area contributed by atoms with Crippen LogP contribution in [0.1, 0.15) is 36.0 Å². The molecule has 5 nitrogen and oxygen atoms in total. The number of esters is 1. The van der Waals surface area contributed by atoms with E-state index in [9.17, 15) is 4.79 Å². The Hall–Kier alpha value is -1.78. The Morgan fingerprint density at radius 1 is 1.33 bits per heavy atom. The molecule has 0 amide bonds. The molecule has 0 bridgehead atoms. The van der Waals surface area contributed by atoms with Crippen LogP contribution >= 0.6 is 0 Å². The zero-order chi connectivity index (χ0) is 13.0. The number of pyridine rings is 1.